The molecule has 3 rings (SSSR count). The molecule has 4 nitrogen and oxygen atoms in total. The maximum Gasteiger partial charge on any atom is 0.338 e. The molecule has 88 valence electrons. The van der Waals surface area contributed by atoms with Gasteiger partial charge in [-0.15, -0.1) is 0 Å². The smallest absolute Gasteiger partial charge is 0.338 e. The van der Waals surface area contributed by atoms with Gasteiger partial charge in [-0.05, 0) is 18.6 Å². The number of benzene rings is 1. The molecule has 0 aromatic heterocycles. The molecule has 2 unspecified atom stereocenters. The Labute approximate surface area is 99.0 Å². The summed E-state index contributed by atoms with van der Waals surface area (Å²) in [5, 5.41) is 2.79. The van der Waals surface area contributed by atoms with Crippen LogP contribution in [0.15, 0.2) is 30.3 Å². The van der Waals surface area contributed by atoms with Crippen molar-refractivity contribution in [2.24, 2.45) is 11.3 Å². The molecular formula is C13H13NO3. The summed E-state index contributed by atoms with van der Waals surface area (Å²) in [6.07, 6.45) is 0.848. The van der Waals surface area contributed by atoms with Crippen LogP contribution in [0.5, 0.6) is 0 Å². The number of ether oxygens (including phenoxy) is 1. The topological polar surface area (TPSA) is 55.4 Å². The van der Waals surface area contributed by atoms with Crippen LogP contribution < -0.4 is 5.32 Å². The number of hydrogen-bond acceptors (Lipinski definition) is 3. The Bertz CT molecular complexity index is 471. The second kappa shape index (κ2) is 3.58. The van der Waals surface area contributed by atoms with Crippen molar-refractivity contribution in [2.75, 3.05) is 13.2 Å². The maximum atomic E-state index is 11.7. The van der Waals surface area contributed by atoms with Crippen molar-refractivity contribution in [1.29, 1.82) is 0 Å². The molecule has 1 aliphatic carbocycles. The van der Waals surface area contributed by atoms with E-state index in [1.165, 1.54) is 0 Å². The number of piperidine rings is 1. The summed E-state index contributed by atoms with van der Waals surface area (Å²) in [5.74, 6) is -0.156. The summed E-state index contributed by atoms with van der Waals surface area (Å²) in [5.41, 5.74) is 0.444. The van der Waals surface area contributed by atoms with E-state index in [-0.39, 0.29) is 23.2 Å². The largest absolute Gasteiger partial charge is 0.461 e. The molecule has 0 spiro atoms. The maximum absolute atomic E-state index is 11.7. The Morgan fingerprint density at radius 2 is 2.18 bits per heavy atom. The second-order valence-electron chi connectivity index (χ2n) is 4.78. The number of esters is 1. The van der Waals surface area contributed by atoms with Gasteiger partial charge in [-0.1, -0.05) is 18.2 Å². The number of nitrogens with one attached hydrogen (secondary N) is 1. The molecule has 2 fully saturated rings. The molecule has 1 heterocycles. The summed E-state index contributed by atoms with van der Waals surface area (Å²) in [6.45, 7) is 0.975. The molecule has 0 radical (unpaired) electrons. The third kappa shape index (κ3) is 1.69. The van der Waals surface area contributed by atoms with Gasteiger partial charge in [0.1, 0.15) is 0 Å². The molecule has 4 heteroatoms. The summed E-state index contributed by atoms with van der Waals surface area (Å²) in [6, 6.07) is 8.90. The van der Waals surface area contributed by atoms with Gasteiger partial charge in [-0.2, -0.15) is 0 Å². The number of fused-ring (bicyclic) bond motifs is 1. The number of amides is 1. The molecule has 0 bridgehead atoms. The fourth-order valence-corrected chi connectivity index (χ4v) is 2.38. The van der Waals surface area contributed by atoms with E-state index in [2.05, 4.69) is 5.32 Å². The first-order chi connectivity index (χ1) is 8.21. The van der Waals surface area contributed by atoms with Gasteiger partial charge >= 0.3 is 5.97 Å². The first-order valence-corrected chi connectivity index (χ1v) is 5.71. The average Bonchev–Trinajstić information content (AvgIpc) is 3.02. The van der Waals surface area contributed by atoms with Crippen molar-refractivity contribution >= 4 is 11.9 Å². The van der Waals surface area contributed by atoms with E-state index in [1.54, 1.807) is 24.3 Å². The zero-order valence-electron chi connectivity index (χ0n) is 9.31. The van der Waals surface area contributed by atoms with E-state index in [4.69, 9.17) is 4.74 Å². The van der Waals surface area contributed by atoms with Crippen LogP contribution >= 0.6 is 0 Å². The highest BCUT2D eigenvalue weighted by atomic mass is 16.5. The van der Waals surface area contributed by atoms with Crippen molar-refractivity contribution < 1.29 is 14.3 Å². The lowest BCUT2D eigenvalue weighted by Crippen LogP contribution is -2.24. The summed E-state index contributed by atoms with van der Waals surface area (Å²) in [7, 11) is 0. The zero-order chi connectivity index (χ0) is 11.9. The van der Waals surface area contributed by atoms with E-state index < -0.39 is 0 Å². The Morgan fingerprint density at radius 3 is 2.76 bits per heavy atom. The predicted octanol–water partition coefficient (Wildman–Crippen LogP) is 0.979. The molecule has 17 heavy (non-hydrogen) atoms. The van der Waals surface area contributed by atoms with Gasteiger partial charge in [0.05, 0.1) is 12.2 Å². The lowest BCUT2D eigenvalue weighted by atomic mass is 10.1. The van der Waals surface area contributed by atoms with Crippen molar-refractivity contribution in [1.82, 2.24) is 5.32 Å². The van der Waals surface area contributed by atoms with Crippen LogP contribution in [-0.4, -0.2) is 25.0 Å². The van der Waals surface area contributed by atoms with Gasteiger partial charge in [0, 0.05) is 17.9 Å². The number of rotatable bonds is 3. The van der Waals surface area contributed by atoms with Gasteiger partial charge in [0.25, 0.3) is 0 Å². The molecule has 2 aliphatic rings. The molecule has 1 aromatic carbocycles. The van der Waals surface area contributed by atoms with Crippen molar-refractivity contribution in [3.63, 3.8) is 0 Å². The fourth-order valence-electron chi connectivity index (χ4n) is 2.38. The highest BCUT2D eigenvalue weighted by molar-refractivity contribution is 5.89. The van der Waals surface area contributed by atoms with E-state index in [1.807, 2.05) is 6.07 Å². The average molecular weight is 231 g/mol. The first-order valence-electron chi connectivity index (χ1n) is 5.71. The Kier molecular flexibility index (Phi) is 2.18. The Hall–Kier alpha value is -1.84. The second-order valence-corrected chi connectivity index (χ2v) is 4.78. The number of carbonyl (C=O) groups excluding carboxylic acids is 2. The van der Waals surface area contributed by atoms with Crippen LogP contribution in [0.4, 0.5) is 0 Å². The van der Waals surface area contributed by atoms with Gasteiger partial charge in [0.2, 0.25) is 5.91 Å². The molecule has 1 N–H and O–H groups in total. The summed E-state index contributed by atoms with van der Waals surface area (Å²) >= 11 is 0. The third-order valence-corrected chi connectivity index (χ3v) is 3.62. The first kappa shape index (κ1) is 10.3. The van der Waals surface area contributed by atoms with Crippen LogP contribution in [0, 0.1) is 11.3 Å². The lowest BCUT2D eigenvalue weighted by molar-refractivity contribution is -0.120. The van der Waals surface area contributed by atoms with Crippen LogP contribution in [0.3, 0.4) is 0 Å². The van der Waals surface area contributed by atoms with E-state index >= 15 is 0 Å². The van der Waals surface area contributed by atoms with Crippen LogP contribution in [0.2, 0.25) is 0 Å². The zero-order valence-corrected chi connectivity index (χ0v) is 9.31. The number of carbonyl (C=O) groups is 2. The molecule has 1 saturated heterocycles. The Balaban J connectivity index is 1.60. The lowest BCUT2D eigenvalue weighted by Gasteiger charge is -2.11. The third-order valence-electron chi connectivity index (χ3n) is 3.62. The predicted molar refractivity (Wildman–Crippen MR) is 60.3 cm³/mol. The van der Waals surface area contributed by atoms with Gasteiger partial charge in [-0.3, -0.25) is 4.79 Å². The highest BCUT2D eigenvalue weighted by Crippen LogP contribution is 2.55. The molecule has 1 aliphatic heterocycles. The molecular weight excluding hydrogens is 218 g/mol. The van der Waals surface area contributed by atoms with E-state index in [0.717, 1.165) is 6.42 Å². The standard InChI is InChI=1S/C13H13NO3/c15-11-10-6-13(10,7-14-11)8-17-12(16)9-4-2-1-3-5-9/h1-5,10H,6-8H2,(H,14,15). The minimum absolute atomic E-state index is 0.0612. The quantitative estimate of drug-likeness (QED) is 0.789. The fraction of sp³-hybridized carbons (Fsp3) is 0.385. The molecule has 1 saturated carbocycles. The van der Waals surface area contributed by atoms with Gasteiger partial charge in [0.15, 0.2) is 0 Å². The number of hydrogen-bond donors (Lipinski definition) is 1. The highest BCUT2D eigenvalue weighted by Gasteiger charge is 2.63. The molecule has 1 aromatic rings. The monoisotopic (exact) mass is 231 g/mol. The minimum atomic E-state index is -0.315. The normalized spacial score (nSPS) is 29.4. The van der Waals surface area contributed by atoms with Crippen LogP contribution in [0.25, 0.3) is 0 Å². The molecule has 2 atom stereocenters. The summed E-state index contributed by atoms with van der Waals surface area (Å²) < 4.78 is 5.27. The Morgan fingerprint density at radius 1 is 1.41 bits per heavy atom. The van der Waals surface area contributed by atoms with Crippen molar-refractivity contribution in [3.05, 3.63) is 35.9 Å². The van der Waals surface area contributed by atoms with Crippen LogP contribution in [-0.2, 0) is 9.53 Å². The van der Waals surface area contributed by atoms with Gasteiger partial charge < -0.3 is 10.1 Å². The molecule has 1 amide bonds. The van der Waals surface area contributed by atoms with E-state index in [9.17, 15) is 9.59 Å². The summed E-state index contributed by atoms with van der Waals surface area (Å²) in [4.78, 5) is 23.0. The SMILES string of the molecule is O=C(OCC12CNC(=O)C1C2)c1ccccc1. The van der Waals surface area contributed by atoms with Crippen molar-refractivity contribution in [3.8, 4) is 0 Å². The van der Waals surface area contributed by atoms with E-state index in [0.29, 0.717) is 18.7 Å². The van der Waals surface area contributed by atoms with Crippen molar-refractivity contribution in [2.45, 2.75) is 6.42 Å². The minimum Gasteiger partial charge on any atom is -0.461 e. The van der Waals surface area contributed by atoms with Gasteiger partial charge in [-0.25, -0.2) is 4.79 Å². The van der Waals surface area contributed by atoms with Crippen LogP contribution in [0.1, 0.15) is 16.8 Å².